The zero-order valence-corrected chi connectivity index (χ0v) is 23.1. The average molecular weight is 583 g/mol. The van der Waals surface area contributed by atoms with E-state index in [-0.39, 0.29) is 20.0 Å². The Bertz CT molecular complexity index is 1500. The first-order valence-corrected chi connectivity index (χ1v) is 13.7. The van der Waals surface area contributed by atoms with Crippen molar-refractivity contribution in [1.29, 1.82) is 0 Å². The first-order chi connectivity index (χ1) is 19.4. The predicted octanol–water partition coefficient (Wildman–Crippen LogP) is 5.98. The summed E-state index contributed by atoms with van der Waals surface area (Å²) in [7, 11) is 0. The van der Waals surface area contributed by atoms with Gasteiger partial charge in [0.25, 0.3) is 0 Å². The van der Waals surface area contributed by atoms with Gasteiger partial charge >= 0.3 is 6.09 Å². The van der Waals surface area contributed by atoms with Crippen molar-refractivity contribution in [1.82, 2.24) is 9.88 Å². The number of hydrogen-bond acceptors (Lipinski definition) is 6. The van der Waals surface area contributed by atoms with Crippen LogP contribution in [-0.2, 0) is 15.9 Å². The highest BCUT2D eigenvalue weighted by atomic mass is 35.5. The summed E-state index contributed by atoms with van der Waals surface area (Å²) >= 11 is 12.3. The molecular formula is C30H28Cl2N2O6. The molecule has 1 saturated heterocycles. The van der Waals surface area contributed by atoms with Crippen molar-refractivity contribution in [2.24, 2.45) is 5.41 Å². The van der Waals surface area contributed by atoms with Gasteiger partial charge in [0.15, 0.2) is 0 Å². The van der Waals surface area contributed by atoms with Crippen LogP contribution in [0.2, 0.25) is 10.0 Å². The Kier molecular flexibility index (Phi) is 7.61. The topological polar surface area (TPSA) is 93.3 Å². The van der Waals surface area contributed by atoms with Crippen molar-refractivity contribution >= 4 is 40.2 Å². The molecule has 3 heterocycles. The Morgan fingerprint density at radius 3 is 2.42 bits per heavy atom. The van der Waals surface area contributed by atoms with Gasteiger partial charge in [0, 0.05) is 33.2 Å². The van der Waals surface area contributed by atoms with Crippen LogP contribution in [0, 0.1) is 5.41 Å². The van der Waals surface area contributed by atoms with E-state index in [9.17, 15) is 9.90 Å². The summed E-state index contributed by atoms with van der Waals surface area (Å²) in [4.78, 5) is 18.7. The van der Waals surface area contributed by atoms with Crippen LogP contribution < -0.4 is 9.47 Å². The zero-order chi connectivity index (χ0) is 27.7. The number of fused-ring (bicyclic) bond motifs is 3. The summed E-state index contributed by atoms with van der Waals surface area (Å²) in [5.74, 6) is 1.05. The molecule has 0 aliphatic carbocycles. The number of nitrogens with zero attached hydrogens (tertiary/aromatic N) is 1. The third kappa shape index (κ3) is 5.38. The molecule has 40 heavy (non-hydrogen) atoms. The lowest BCUT2D eigenvalue weighted by Gasteiger charge is -2.35. The van der Waals surface area contributed by atoms with E-state index in [1.807, 2.05) is 42.5 Å². The van der Waals surface area contributed by atoms with Gasteiger partial charge in [0.05, 0.1) is 25.2 Å². The Labute approximate surface area is 241 Å². The fraction of sp³-hybridized carbons (Fsp3) is 0.300. The second-order valence-corrected chi connectivity index (χ2v) is 11.1. The second kappa shape index (κ2) is 11.3. The number of aliphatic hydroxyl groups excluding tert-OH is 1. The van der Waals surface area contributed by atoms with E-state index in [4.69, 9.17) is 42.1 Å². The molecule has 10 heteroatoms. The van der Waals surface area contributed by atoms with Crippen LogP contribution >= 0.6 is 23.2 Å². The lowest BCUT2D eigenvalue weighted by molar-refractivity contribution is -0.184. The van der Waals surface area contributed by atoms with E-state index in [2.05, 4.69) is 4.98 Å². The van der Waals surface area contributed by atoms with Crippen LogP contribution in [0.15, 0.2) is 66.7 Å². The smallest absolute Gasteiger partial charge is 0.416 e. The molecule has 8 nitrogen and oxygen atoms in total. The van der Waals surface area contributed by atoms with Gasteiger partial charge in [-0.15, -0.1) is 0 Å². The molecule has 0 radical (unpaired) electrons. The first-order valence-electron chi connectivity index (χ1n) is 13.0. The molecule has 1 atom stereocenters. The lowest BCUT2D eigenvalue weighted by Crippen LogP contribution is -2.45. The molecule has 6 rings (SSSR count). The fourth-order valence-electron chi connectivity index (χ4n) is 5.29. The van der Waals surface area contributed by atoms with Crippen molar-refractivity contribution in [3.63, 3.8) is 0 Å². The van der Waals surface area contributed by atoms with Gasteiger partial charge in [-0.3, -0.25) is 4.90 Å². The van der Waals surface area contributed by atoms with Crippen LogP contribution in [-0.4, -0.2) is 60.8 Å². The quantitative estimate of drug-likeness (QED) is 0.290. The molecule has 0 spiro atoms. The highest BCUT2D eigenvalue weighted by Gasteiger charge is 2.37. The summed E-state index contributed by atoms with van der Waals surface area (Å²) in [6, 6.07) is 19.6. The molecule has 2 N–H and O–H groups in total. The van der Waals surface area contributed by atoms with Crippen molar-refractivity contribution in [2.45, 2.75) is 12.5 Å². The largest absolute Gasteiger partial charge is 0.493 e. The number of rotatable bonds is 6. The van der Waals surface area contributed by atoms with Crippen LogP contribution in [0.4, 0.5) is 4.79 Å². The molecule has 0 bridgehead atoms. The van der Waals surface area contributed by atoms with Gasteiger partial charge in [-0.05, 0) is 72.1 Å². The maximum Gasteiger partial charge on any atom is 0.416 e. The number of aliphatic hydroxyl groups is 1. The molecule has 2 aliphatic rings. The van der Waals surface area contributed by atoms with E-state index in [1.165, 1.54) is 0 Å². The molecule has 0 unspecified atom stereocenters. The number of aromatic amines is 1. The van der Waals surface area contributed by atoms with Crippen LogP contribution in [0.3, 0.4) is 0 Å². The number of H-pyrrole nitrogens is 1. The minimum Gasteiger partial charge on any atom is -0.493 e. The Morgan fingerprint density at radius 1 is 1.00 bits per heavy atom. The number of benzene rings is 3. The highest BCUT2D eigenvalue weighted by Crippen LogP contribution is 2.40. The van der Waals surface area contributed by atoms with E-state index in [1.54, 1.807) is 29.2 Å². The van der Waals surface area contributed by atoms with Gasteiger partial charge < -0.3 is 29.0 Å². The summed E-state index contributed by atoms with van der Waals surface area (Å²) < 4.78 is 22.5. The lowest BCUT2D eigenvalue weighted by atomic mass is 9.91. The number of nitrogens with one attached hydrogen (secondary N) is 1. The Balaban J connectivity index is 1.30. The van der Waals surface area contributed by atoms with Gasteiger partial charge in [-0.1, -0.05) is 35.3 Å². The van der Waals surface area contributed by atoms with Crippen LogP contribution in [0.5, 0.6) is 11.5 Å². The monoisotopic (exact) mass is 582 g/mol. The van der Waals surface area contributed by atoms with E-state index < -0.39 is 17.6 Å². The number of aromatic nitrogens is 1. The highest BCUT2D eigenvalue weighted by molar-refractivity contribution is 6.31. The Hall–Kier alpha value is -3.27. The predicted molar refractivity (Wildman–Crippen MR) is 151 cm³/mol. The maximum absolute atomic E-state index is 13.5. The maximum atomic E-state index is 13.5. The third-order valence-electron chi connectivity index (χ3n) is 7.40. The number of halogens is 2. The van der Waals surface area contributed by atoms with Crippen LogP contribution in [0.1, 0.15) is 22.9 Å². The van der Waals surface area contributed by atoms with Gasteiger partial charge in [-0.25, -0.2) is 4.79 Å². The fourth-order valence-corrected chi connectivity index (χ4v) is 5.58. The normalized spacial score (nSPS) is 18.4. The summed E-state index contributed by atoms with van der Waals surface area (Å²) in [6.45, 7) is 1.55. The second-order valence-electron chi connectivity index (χ2n) is 10.2. The van der Waals surface area contributed by atoms with Crippen molar-refractivity contribution in [2.75, 3.05) is 39.8 Å². The number of carbonyl (C=O) groups excluding carboxylic acids is 1. The van der Waals surface area contributed by atoms with Gasteiger partial charge in [0.1, 0.15) is 30.9 Å². The standard InChI is InChI=1S/C30H28Cl2N2O6/c31-20-3-8-23(9-4-20)40-29(36)34-12-11-24-25-13-21(32)5-10-26(25)33-27(24)28(34)19-1-6-22(7-2-19)39-17-30(14-35)15-37-18-38-16-30/h1-10,13,28,33,35H,11-12,14-18H2/t28-/m0/s1. The molecule has 1 aromatic heterocycles. The van der Waals surface area contributed by atoms with E-state index in [0.717, 1.165) is 27.7 Å². The number of carbonyl (C=O) groups is 1. The van der Waals surface area contributed by atoms with Gasteiger partial charge in [-0.2, -0.15) is 0 Å². The Morgan fingerprint density at radius 2 is 1.70 bits per heavy atom. The first kappa shape index (κ1) is 26.9. The minimum absolute atomic E-state index is 0.106. The molecule has 2 aliphatic heterocycles. The van der Waals surface area contributed by atoms with Crippen molar-refractivity contribution in [3.05, 3.63) is 93.6 Å². The molecule has 4 aromatic rings. The van der Waals surface area contributed by atoms with E-state index >= 15 is 0 Å². The average Bonchev–Trinajstić information content (AvgIpc) is 3.35. The summed E-state index contributed by atoms with van der Waals surface area (Å²) in [6.07, 6.45) is 0.188. The zero-order valence-electron chi connectivity index (χ0n) is 21.6. The molecule has 0 saturated carbocycles. The number of ether oxygens (including phenoxy) is 4. The number of hydrogen-bond donors (Lipinski definition) is 2. The summed E-state index contributed by atoms with van der Waals surface area (Å²) in [5.41, 5.74) is 3.28. The number of amides is 1. The summed E-state index contributed by atoms with van der Waals surface area (Å²) in [5, 5.41) is 12.2. The van der Waals surface area contributed by atoms with Gasteiger partial charge in [0.2, 0.25) is 0 Å². The molecule has 208 valence electrons. The minimum atomic E-state index is -0.608. The molecular weight excluding hydrogens is 555 g/mol. The van der Waals surface area contributed by atoms with Crippen molar-refractivity contribution in [3.8, 4) is 11.5 Å². The van der Waals surface area contributed by atoms with Crippen LogP contribution in [0.25, 0.3) is 10.9 Å². The molecule has 3 aromatic carbocycles. The van der Waals surface area contributed by atoms with Crippen molar-refractivity contribution < 1.29 is 28.8 Å². The SMILES string of the molecule is O=C(Oc1ccc(Cl)cc1)N1CCc2c([nH]c3ccc(Cl)cc23)[C@@H]1c1ccc(OCC2(CO)COCOC2)cc1. The molecule has 1 fully saturated rings. The third-order valence-corrected chi connectivity index (χ3v) is 7.89. The van der Waals surface area contributed by atoms with E-state index in [0.29, 0.717) is 47.7 Å². The molecule has 1 amide bonds.